The molecule has 3 rings (SSSR count). The second kappa shape index (κ2) is 8.56. The SMILES string of the molecule is CC(C)(/C=C/Cc1cccc(Oc2ccccc2)c1)c1cccc(C(F)(F)F)c1. The molecule has 1 nitrogen and oxygen atoms in total. The van der Waals surface area contributed by atoms with Crippen LogP contribution in [0, 0.1) is 0 Å². The lowest BCUT2D eigenvalue weighted by Crippen LogP contribution is -2.15. The molecule has 29 heavy (non-hydrogen) atoms. The van der Waals surface area contributed by atoms with Gasteiger partial charge in [0, 0.05) is 5.41 Å². The summed E-state index contributed by atoms with van der Waals surface area (Å²) < 4.78 is 44.8. The van der Waals surface area contributed by atoms with Crippen molar-refractivity contribution in [2.75, 3.05) is 0 Å². The van der Waals surface area contributed by atoms with Crippen LogP contribution in [0.15, 0.2) is 91.0 Å². The fraction of sp³-hybridized carbons (Fsp3) is 0.200. The summed E-state index contributed by atoms with van der Waals surface area (Å²) in [6.45, 7) is 3.82. The number of hydrogen-bond acceptors (Lipinski definition) is 1. The molecule has 0 atom stereocenters. The van der Waals surface area contributed by atoms with E-state index in [0.717, 1.165) is 23.1 Å². The maximum Gasteiger partial charge on any atom is 0.416 e. The molecule has 0 spiro atoms. The van der Waals surface area contributed by atoms with Crippen molar-refractivity contribution in [3.8, 4) is 11.5 Å². The number of alkyl halides is 3. The third kappa shape index (κ3) is 5.74. The maximum atomic E-state index is 13.0. The van der Waals surface area contributed by atoms with Gasteiger partial charge in [-0.05, 0) is 47.9 Å². The average Bonchev–Trinajstić information content (AvgIpc) is 2.68. The van der Waals surface area contributed by atoms with Crippen LogP contribution in [-0.4, -0.2) is 0 Å². The predicted molar refractivity (Wildman–Crippen MR) is 110 cm³/mol. The van der Waals surface area contributed by atoms with Gasteiger partial charge in [0.25, 0.3) is 0 Å². The fourth-order valence-corrected chi connectivity index (χ4v) is 3.04. The smallest absolute Gasteiger partial charge is 0.416 e. The van der Waals surface area contributed by atoms with Crippen LogP contribution in [0.5, 0.6) is 11.5 Å². The normalized spacial score (nSPS) is 12.3. The molecule has 0 aliphatic rings. The van der Waals surface area contributed by atoms with Gasteiger partial charge >= 0.3 is 6.18 Å². The molecule has 0 fully saturated rings. The molecule has 0 saturated heterocycles. The number of rotatable bonds is 6. The number of ether oxygens (including phenoxy) is 1. The molecule has 150 valence electrons. The van der Waals surface area contributed by atoms with Gasteiger partial charge < -0.3 is 4.74 Å². The summed E-state index contributed by atoms with van der Waals surface area (Å²) in [6, 6.07) is 22.8. The van der Waals surface area contributed by atoms with Gasteiger partial charge in [-0.3, -0.25) is 0 Å². The summed E-state index contributed by atoms with van der Waals surface area (Å²) in [5.41, 5.74) is 0.556. The zero-order valence-electron chi connectivity index (χ0n) is 16.4. The minimum Gasteiger partial charge on any atom is -0.457 e. The molecule has 0 amide bonds. The zero-order valence-corrected chi connectivity index (χ0v) is 16.4. The van der Waals surface area contributed by atoms with Crippen LogP contribution in [0.4, 0.5) is 13.2 Å². The van der Waals surface area contributed by atoms with Gasteiger partial charge in [-0.1, -0.05) is 74.5 Å². The fourth-order valence-electron chi connectivity index (χ4n) is 3.04. The van der Waals surface area contributed by atoms with Gasteiger partial charge in [0.2, 0.25) is 0 Å². The van der Waals surface area contributed by atoms with Gasteiger partial charge in [-0.15, -0.1) is 0 Å². The van der Waals surface area contributed by atoms with E-state index in [0.29, 0.717) is 12.0 Å². The summed E-state index contributed by atoms with van der Waals surface area (Å²) in [4.78, 5) is 0. The van der Waals surface area contributed by atoms with Crippen LogP contribution < -0.4 is 4.74 Å². The van der Waals surface area contributed by atoms with Crippen molar-refractivity contribution in [2.45, 2.75) is 31.9 Å². The van der Waals surface area contributed by atoms with Crippen LogP contribution in [0.2, 0.25) is 0 Å². The topological polar surface area (TPSA) is 9.23 Å². The molecule has 4 heteroatoms. The predicted octanol–water partition coefficient (Wildman–Crippen LogP) is 7.57. The summed E-state index contributed by atoms with van der Waals surface area (Å²) in [5.74, 6) is 1.52. The molecular weight excluding hydrogens is 373 g/mol. The first-order chi connectivity index (χ1) is 13.7. The van der Waals surface area contributed by atoms with E-state index < -0.39 is 17.2 Å². The van der Waals surface area contributed by atoms with Crippen molar-refractivity contribution < 1.29 is 17.9 Å². The monoisotopic (exact) mass is 396 g/mol. The van der Waals surface area contributed by atoms with E-state index >= 15 is 0 Å². The van der Waals surface area contributed by atoms with Gasteiger partial charge in [0.15, 0.2) is 0 Å². The van der Waals surface area contributed by atoms with Crippen LogP contribution in [0.25, 0.3) is 0 Å². The van der Waals surface area contributed by atoms with E-state index in [1.165, 1.54) is 12.1 Å². The van der Waals surface area contributed by atoms with E-state index in [1.54, 1.807) is 6.07 Å². The molecule has 0 aromatic heterocycles. The third-order valence-corrected chi connectivity index (χ3v) is 4.70. The summed E-state index contributed by atoms with van der Waals surface area (Å²) in [7, 11) is 0. The largest absolute Gasteiger partial charge is 0.457 e. The number of para-hydroxylation sites is 1. The van der Waals surface area contributed by atoms with Crippen molar-refractivity contribution in [2.24, 2.45) is 0 Å². The lowest BCUT2D eigenvalue weighted by molar-refractivity contribution is -0.137. The molecule has 0 N–H and O–H groups in total. The maximum absolute atomic E-state index is 13.0. The highest BCUT2D eigenvalue weighted by Crippen LogP contribution is 2.33. The van der Waals surface area contributed by atoms with E-state index in [-0.39, 0.29) is 0 Å². The van der Waals surface area contributed by atoms with Gasteiger partial charge in [0.1, 0.15) is 11.5 Å². The molecule has 0 heterocycles. The van der Waals surface area contributed by atoms with E-state index in [2.05, 4.69) is 0 Å². The zero-order chi connectivity index (χ0) is 20.9. The molecule has 0 saturated carbocycles. The third-order valence-electron chi connectivity index (χ3n) is 4.70. The van der Waals surface area contributed by atoms with E-state index in [9.17, 15) is 13.2 Å². The van der Waals surface area contributed by atoms with Gasteiger partial charge in [-0.2, -0.15) is 13.2 Å². The quantitative estimate of drug-likeness (QED) is 0.390. The number of hydrogen-bond donors (Lipinski definition) is 0. The first-order valence-corrected chi connectivity index (χ1v) is 9.41. The van der Waals surface area contributed by atoms with Crippen molar-refractivity contribution in [1.82, 2.24) is 0 Å². The minimum atomic E-state index is -4.34. The average molecular weight is 396 g/mol. The Balaban J connectivity index is 1.70. The molecule has 0 unspecified atom stereocenters. The molecule has 0 bridgehead atoms. The first-order valence-electron chi connectivity index (χ1n) is 9.41. The Kier molecular flexibility index (Phi) is 6.12. The summed E-state index contributed by atoms with van der Waals surface area (Å²) in [6.07, 6.45) is 0.262. The summed E-state index contributed by atoms with van der Waals surface area (Å²) in [5, 5.41) is 0. The Morgan fingerprint density at radius 3 is 2.14 bits per heavy atom. The van der Waals surface area contributed by atoms with Crippen LogP contribution in [0.3, 0.4) is 0 Å². The molecule has 3 aromatic carbocycles. The Hall–Kier alpha value is -3.01. The second-order valence-electron chi connectivity index (χ2n) is 7.47. The van der Waals surface area contributed by atoms with Gasteiger partial charge in [0.05, 0.1) is 5.56 Å². The van der Waals surface area contributed by atoms with E-state index in [4.69, 9.17) is 4.74 Å². The Labute approximate surface area is 169 Å². The lowest BCUT2D eigenvalue weighted by atomic mass is 9.83. The Morgan fingerprint density at radius 1 is 0.759 bits per heavy atom. The lowest BCUT2D eigenvalue weighted by Gasteiger charge is -2.22. The van der Waals surface area contributed by atoms with Crippen LogP contribution in [0.1, 0.15) is 30.5 Å². The van der Waals surface area contributed by atoms with Crippen molar-refractivity contribution >= 4 is 0 Å². The molecular formula is C25H23F3O. The first kappa shape index (κ1) is 20.7. The van der Waals surface area contributed by atoms with Crippen LogP contribution >= 0.6 is 0 Å². The molecule has 0 aliphatic heterocycles. The number of allylic oxidation sites excluding steroid dienone is 2. The highest BCUT2D eigenvalue weighted by Gasteiger charge is 2.31. The minimum absolute atomic E-state index is 0.514. The standard InChI is InChI=1S/C25H23F3O/c1-24(2,20-11-7-12-21(18-20)25(26,27)28)16-8-10-19-9-6-15-23(17-19)29-22-13-4-3-5-14-22/h3-9,11-18H,10H2,1-2H3/b16-8+. The van der Waals surface area contributed by atoms with Crippen molar-refractivity contribution in [3.63, 3.8) is 0 Å². The Morgan fingerprint density at radius 2 is 1.41 bits per heavy atom. The Bertz CT molecular complexity index is 973. The van der Waals surface area contributed by atoms with Crippen molar-refractivity contribution in [1.29, 1.82) is 0 Å². The van der Waals surface area contributed by atoms with E-state index in [1.807, 2.05) is 80.6 Å². The molecule has 3 aromatic rings. The highest BCUT2D eigenvalue weighted by molar-refractivity contribution is 5.36. The molecule has 0 radical (unpaired) electrons. The second-order valence-corrected chi connectivity index (χ2v) is 7.47. The van der Waals surface area contributed by atoms with Crippen LogP contribution in [-0.2, 0) is 18.0 Å². The number of halogens is 3. The molecule has 0 aliphatic carbocycles. The summed E-state index contributed by atoms with van der Waals surface area (Å²) >= 11 is 0. The highest BCUT2D eigenvalue weighted by atomic mass is 19.4. The van der Waals surface area contributed by atoms with Crippen molar-refractivity contribution in [3.05, 3.63) is 108 Å². The number of benzene rings is 3. The van der Waals surface area contributed by atoms with Gasteiger partial charge in [-0.25, -0.2) is 0 Å².